The Balaban J connectivity index is 2.01. The molecule has 0 radical (unpaired) electrons. The number of carbonyl (C=O) groups excluding carboxylic acids is 3. The number of carbonyl (C=O) groups is 3. The molecule has 4 N–H and O–H groups in total. The number of para-hydroxylation sites is 1. The molecule has 0 heterocycles. The van der Waals surface area contributed by atoms with Crippen molar-refractivity contribution < 1.29 is 14.4 Å². The summed E-state index contributed by atoms with van der Waals surface area (Å²) in [6, 6.07) is 13.0. The van der Waals surface area contributed by atoms with Crippen LogP contribution in [0.4, 0.5) is 11.4 Å². The molecule has 0 unspecified atom stereocenters. The number of nitrogen functional groups attached to an aromatic ring is 1. The molecule has 0 saturated heterocycles. The number of nitrogens with two attached hydrogens (primary N) is 1. The van der Waals surface area contributed by atoms with Gasteiger partial charge in [-0.2, -0.15) is 0 Å². The lowest BCUT2D eigenvalue weighted by Crippen LogP contribution is -2.39. The van der Waals surface area contributed by atoms with Crippen molar-refractivity contribution in [2.45, 2.75) is 0 Å². The van der Waals surface area contributed by atoms with Crippen molar-refractivity contribution in [2.24, 2.45) is 0 Å². The first-order valence-electron chi connectivity index (χ1n) is 6.24. The fraction of sp³-hybridized carbons (Fsp3) is 0. The first kappa shape index (κ1) is 15.7. The van der Waals surface area contributed by atoms with E-state index in [1.165, 1.54) is 12.1 Å². The first-order chi connectivity index (χ1) is 10.5. The summed E-state index contributed by atoms with van der Waals surface area (Å²) >= 11 is 3.25. The van der Waals surface area contributed by atoms with E-state index in [1.807, 2.05) is 5.32 Å². The van der Waals surface area contributed by atoms with E-state index < -0.39 is 17.7 Å². The van der Waals surface area contributed by atoms with Gasteiger partial charge < -0.3 is 11.1 Å². The van der Waals surface area contributed by atoms with E-state index in [0.29, 0.717) is 5.69 Å². The second-order valence-electron chi connectivity index (χ2n) is 4.33. The van der Waals surface area contributed by atoms with Crippen LogP contribution < -0.4 is 16.4 Å². The molecule has 0 aliphatic rings. The van der Waals surface area contributed by atoms with Crippen LogP contribution >= 0.6 is 15.9 Å². The number of halogens is 1. The maximum absolute atomic E-state index is 11.9. The third-order valence-corrected chi connectivity index (χ3v) is 3.21. The summed E-state index contributed by atoms with van der Waals surface area (Å²) in [7, 11) is 0. The minimum absolute atomic E-state index is 0.131. The second-order valence-corrected chi connectivity index (χ2v) is 5.25. The van der Waals surface area contributed by atoms with Gasteiger partial charge in [0, 0.05) is 15.8 Å². The Morgan fingerprint density at radius 3 is 2.36 bits per heavy atom. The normalized spacial score (nSPS) is 9.86. The molecule has 2 aromatic rings. The van der Waals surface area contributed by atoms with Crippen LogP contribution in [0.1, 0.15) is 10.4 Å². The van der Waals surface area contributed by atoms with Gasteiger partial charge in [0.25, 0.3) is 5.91 Å². The average molecular weight is 362 g/mol. The monoisotopic (exact) mass is 361 g/mol. The lowest BCUT2D eigenvalue weighted by atomic mass is 10.1. The zero-order valence-electron chi connectivity index (χ0n) is 11.3. The molecule has 22 heavy (non-hydrogen) atoms. The highest BCUT2D eigenvalue weighted by Crippen LogP contribution is 2.15. The van der Waals surface area contributed by atoms with Gasteiger partial charge >= 0.3 is 11.8 Å². The molecule has 0 saturated carbocycles. The van der Waals surface area contributed by atoms with Crippen molar-refractivity contribution in [1.82, 2.24) is 5.32 Å². The number of anilines is 2. The van der Waals surface area contributed by atoms with Crippen molar-refractivity contribution in [3.8, 4) is 0 Å². The molecule has 2 aromatic carbocycles. The quantitative estimate of drug-likeness (QED) is 0.561. The third kappa shape index (κ3) is 3.92. The summed E-state index contributed by atoms with van der Waals surface area (Å²) in [5.74, 6) is -2.73. The minimum atomic E-state index is -1.06. The molecule has 0 aliphatic heterocycles. The van der Waals surface area contributed by atoms with E-state index in [-0.39, 0.29) is 11.3 Å². The molecule has 6 nitrogen and oxygen atoms in total. The van der Waals surface area contributed by atoms with Crippen LogP contribution in [-0.2, 0) is 9.59 Å². The molecule has 0 aromatic heterocycles. The smallest absolute Gasteiger partial charge is 0.316 e. The molecule has 2 rings (SSSR count). The minimum Gasteiger partial charge on any atom is -0.398 e. The topological polar surface area (TPSA) is 101 Å². The zero-order chi connectivity index (χ0) is 16.1. The Kier molecular flexibility index (Phi) is 4.90. The summed E-state index contributed by atoms with van der Waals surface area (Å²) in [4.78, 5) is 35.4. The maximum Gasteiger partial charge on any atom is 0.316 e. The van der Waals surface area contributed by atoms with Gasteiger partial charge in [0.1, 0.15) is 0 Å². The van der Waals surface area contributed by atoms with Crippen molar-refractivity contribution >= 4 is 45.0 Å². The molecular formula is C15H12BrN3O3. The highest BCUT2D eigenvalue weighted by Gasteiger charge is 2.19. The van der Waals surface area contributed by atoms with Gasteiger partial charge in [0.15, 0.2) is 0 Å². The predicted molar refractivity (Wildman–Crippen MR) is 86.1 cm³/mol. The van der Waals surface area contributed by atoms with E-state index in [2.05, 4.69) is 21.2 Å². The van der Waals surface area contributed by atoms with Crippen LogP contribution in [0.25, 0.3) is 0 Å². The summed E-state index contributed by atoms with van der Waals surface area (Å²) in [6.45, 7) is 0. The summed E-state index contributed by atoms with van der Waals surface area (Å²) in [6.07, 6.45) is 0. The number of benzene rings is 2. The van der Waals surface area contributed by atoms with Gasteiger partial charge in [0.2, 0.25) is 0 Å². The van der Waals surface area contributed by atoms with E-state index >= 15 is 0 Å². The molecule has 3 amide bonds. The second kappa shape index (κ2) is 6.86. The van der Waals surface area contributed by atoms with Gasteiger partial charge in [0.05, 0.1) is 5.56 Å². The Labute approximate surface area is 134 Å². The number of imide groups is 1. The first-order valence-corrected chi connectivity index (χ1v) is 7.03. The Morgan fingerprint density at radius 1 is 0.955 bits per heavy atom. The van der Waals surface area contributed by atoms with Crippen LogP contribution in [0, 0.1) is 0 Å². The average Bonchev–Trinajstić information content (AvgIpc) is 2.47. The van der Waals surface area contributed by atoms with E-state index in [1.54, 1.807) is 36.4 Å². The van der Waals surface area contributed by atoms with E-state index in [4.69, 9.17) is 5.73 Å². The third-order valence-electron chi connectivity index (χ3n) is 2.72. The number of nitrogens with one attached hydrogen (secondary N) is 2. The summed E-state index contributed by atoms with van der Waals surface area (Å²) < 4.78 is 0.749. The largest absolute Gasteiger partial charge is 0.398 e. The maximum atomic E-state index is 11.9. The number of hydrogen-bond acceptors (Lipinski definition) is 4. The lowest BCUT2D eigenvalue weighted by molar-refractivity contribution is -0.135. The molecule has 112 valence electrons. The fourth-order valence-electron chi connectivity index (χ4n) is 1.69. The lowest BCUT2D eigenvalue weighted by Gasteiger charge is -2.07. The van der Waals surface area contributed by atoms with Crippen LogP contribution in [0.5, 0.6) is 0 Å². The van der Waals surface area contributed by atoms with Gasteiger partial charge in [-0.1, -0.05) is 34.1 Å². The fourth-order valence-corrected chi connectivity index (χ4v) is 2.08. The van der Waals surface area contributed by atoms with Gasteiger partial charge in [-0.3, -0.25) is 19.7 Å². The SMILES string of the molecule is Nc1ccccc1C(=O)NC(=O)C(=O)Nc1cccc(Br)c1. The summed E-state index contributed by atoms with van der Waals surface area (Å²) in [5.41, 5.74) is 6.42. The van der Waals surface area contributed by atoms with Gasteiger partial charge in [-0.15, -0.1) is 0 Å². The highest BCUT2D eigenvalue weighted by atomic mass is 79.9. The zero-order valence-corrected chi connectivity index (χ0v) is 12.9. The Bertz CT molecular complexity index is 746. The number of rotatable bonds is 2. The van der Waals surface area contributed by atoms with Crippen LogP contribution in [0.2, 0.25) is 0 Å². The van der Waals surface area contributed by atoms with Gasteiger partial charge in [-0.25, -0.2) is 0 Å². The van der Waals surface area contributed by atoms with Crippen molar-refractivity contribution in [2.75, 3.05) is 11.1 Å². The summed E-state index contributed by atoms with van der Waals surface area (Å²) in [5, 5.41) is 4.38. The van der Waals surface area contributed by atoms with Crippen molar-refractivity contribution in [3.05, 3.63) is 58.6 Å². The standard InChI is InChI=1S/C15H12BrN3O3/c16-9-4-3-5-10(8-9)18-14(21)15(22)19-13(20)11-6-1-2-7-12(11)17/h1-8H,17H2,(H,18,21)(H,19,20,22). The molecule has 0 bridgehead atoms. The molecule has 7 heteroatoms. The van der Waals surface area contributed by atoms with Crippen LogP contribution in [-0.4, -0.2) is 17.7 Å². The molecule has 0 aliphatic carbocycles. The molecule has 0 spiro atoms. The molecule has 0 fully saturated rings. The highest BCUT2D eigenvalue weighted by molar-refractivity contribution is 9.10. The van der Waals surface area contributed by atoms with Gasteiger partial charge in [-0.05, 0) is 30.3 Å². The van der Waals surface area contributed by atoms with Crippen molar-refractivity contribution in [1.29, 1.82) is 0 Å². The number of amides is 3. The molecular weight excluding hydrogens is 350 g/mol. The Hall–Kier alpha value is -2.67. The number of hydrogen-bond donors (Lipinski definition) is 3. The Morgan fingerprint density at radius 2 is 1.68 bits per heavy atom. The predicted octanol–water partition coefficient (Wildman–Crippen LogP) is 1.93. The molecule has 0 atom stereocenters. The van der Waals surface area contributed by atoms with E-state index in [9.17, 15) is 14.4 Å². The van der Waals surface area contributed by atoms with E-state index in [0.717, 1.165) is 4.47 Å². The van der Waals surface area contributed by atoms with Crippen LogP contribution in [0.15, 0.2) is 53.0 Å². The van der Waals surface area contributed by atoms with Crippen molar-refractivity contribution in [3.63, 3.8) is 0 Å². The van der Waals surface area contributed by atoms with Crippen LogP contribution in [0.3, 0.4) is 0 Å².